The van der Waals surface area contributed by atoms with Crippen LogP contribution in [0.5, 0.6) is 0 Å². The Labute approximate surface area is 165 Å². The summed E-state index contributed by atoms with van der Waals surface area (Å²) in [6, 6.07) is 18.6. The van der Waals surface area contributed by atoms with Gasteiger partial charge in [-0.05, 0) is 86.0 Å². The van der Waals surface area contributed by atoms with Crippen LogP contribution in [-0.4, -0.2) is 14.3 Å². The summed E-state index contributed by atoms with van der Waals surface area (Å²) < 4.78 is 27.6. The maximum atomic E-state index is 12.5. The van der Waals surface area contributed by atoms with E-state index in [-0.39, 0.29) is 10.8 Å². The quantitative estimate of drug-likeness (QED) is 0.661. The molecule has 0 atom stereocenters. The molecule has 0 aliphatic heterocycles. The minimum atomic E-state index is -3.72. The van der Waals surface area contributed by atoms with Crippen molar-refractivity contribution in [3.8, 4) is 0 Å². The molecule has 5 nitrogen and oxygen atoms in total. The van der Waals surface area contributed by atoms with Gasteiger partial charge in [0.15, 0.2) is 0 Å². The lowest BCUT2D eigenvalue weighted by atomic mass is 10.1. The van der Waals surface area contributed by atoms with E-state index in [0.717, 1.165) is 16.7 Å². The van der Waals surface area contributed by atoms with Gasteiger partial charge in [0.1, 0.15) is 0 Å². The molecule has 0 fully saturated rings. The Morgan fingerprint density at radius 1 is 0.786 bits per heavy atom. The SMILES string of the molecule is Cc1cccc(NS(=O)(=O)c2ccc(C(=O)Nc3ccc(C)c(C)c3)cc2)c1. The van der Waals surface area contributed by atoms with Gasteiger partial charge in [0, 0.05) is 16.9 Å². The molecule has 0 aliphatic rings. The summed E-state index contributed by atoms with van der Waals surface area (Å²) >= 11 is 0. The molecule has 3 rings (SSSR count). The van der Waals surface area contributed by atoms with Crippen molar-refractivity contribution >= 4 is 27.3 Å². The molecule has 1 amide bonds. The fourth-order valence-corrected chi connectivity index (χ4v) is 3.78. The minimum Gasteiger partial charge on any atom is -0.322 e. The highest BCUT2D eigenvalue weighted by Crippen LogP contribution is 2.19. The third-order valence-electron chi connectivity index (χ3n) is 4.46. The van der Waals surface area contributed by atoms with Gasteiger partial charge < -0.3 is 5.32 Å². The Bertz CT molecular complexity index is 1120. The normalized spacial score (nSPS) is 11.1. The van der Waals surface area contributed by atoms with Gasteiger partial charge in [-0.2, -0.15) is 0 Å². The van der Waals surface area contributed by atoms with Crippen LogP contribution in [0.1, 0.15) is 27.0 Å². The maximum Gasteiger partial charge on any atom is 0.261 e. The fraction of sp³-hybridized carbons (Fsp3) is 0.136. The number of benzene rings is 3. The number of carbonyl (C=O) groups excluding carboxylic acids is 1. The summed E-state index contributed by atoms with van der Waals surface area (Å²) in [6.07, 6.45) is 0. The highest BCUT2D eigenvalue weighted by atomic mass is 32.2. The number of rotatable bonds is 5. The van der Waals surface area contributed by atoms with Crippen LogP contribution >= 0.6 is 0 Å². The van der Waals surface area contributed by atoms with E-state index in [1.165, 1.54) is 24.3 Å². The molecule has 3 aromatic rings. The van der Waals surface area contributed by atoms with Crippen LogP contribution in [0.2, 0.25) is 0 Å². The molecule has 0 unspecified atom stereocenters. The Morgan fingerprint density at radius 2 is 1.50 bits per heavy atom. The van der Waals surface area contributed by atoms with Crippen molar-refractivity contribution in [2.24, 2.45) is 0 Å². The lowest BCUT2D eigenvalue weighted by Gasteiger charge is -2.10. The smallest absolute Gasteiger partial charge is 0.261 e. The Hall–Kier alpha value is -3.12. The van der Waals surface area contributed by atoms with E-state index in [1.807, 2.05) is 45.0 Å². The second-order valence-electron chi connectivity index (χ2n) is 6.75. The summed E-state index contributed by atoms with van der Waals surface area (Å²) in [5.74, 6) is -0.293. The number of nitrogens with one attached hydrogen (secondary N) is 2. The van der Waals surface area contributed by atoms with E-state index in [9.17, 15) is 13.2 Å². The number of hydrogen-bond acceptors (Lipinski definition) is 3. The first-order valence-corrected chi connectivity index (χ1v) is 10.3. The number of hydrogen-bond donors (Lipinski definition) is 2. The van der Waals surface area contributed by atoms with Gasteiger partial charge in [0.05, 0.1) is 4.90 Å². The highest BCUT2D eigenvalue weighted by molar-refractivity contribution is 7.92. The zero-order valence-corrected chi connectivity index (χ0v) is 16.8. The van der Waals surface area contributed by atoms with Gasteiger partial charge in [-0.25, -0.2) is 8.42 Å². The highest BCUT2D eigenvalue weighted by Gasteiger charge is 2.15. The van der Waals surface area contributed by atoms with Crippen LogP contribution in [0, 0.1) is 20.8 Å². The molecule has 144 valence electrons. The van der Waals surface area contributed by atoms with Gasteiger partial charge in [0.25, 0.3) is 15.9 Å². The molecule has 0 saturated heterocycles. The lowest BCUT2D eigenvalue weighted by Crippen LogP contribution is -2.15. The first kappa shape index (κ1) is 19.6. The third-order valence-corrected chi connectivity index (χ3v) is 5.86. The molecule has 0 saturated carbocycles. The van der Waals surface area contributed by atoms with Crippen molar-refractivity contribution in [3.05, 3.63) is 89.0 Å². The summed E-state index contributed by atoms with van der Waals surface area (Å²) in [5.41, 5.74) is 4.77. The molecule has 0 heterocycles. The Kier molecular flexibility index (Phi) is 5.51. The van der Waals surface area contributed by atoms with Gasteiger partial charge in [-0.3, -0.25) is 9.52 Å². The van der Waals surface area contributed by atoms with Crippen LogP contribution in [0.4, 0.5) is 11.4 Å². The first-order chi connectivity index (χ1) is 13.2. The van der Waals surface area contributed by atoms with Crippen LogP contribution in [0.25, 0.3) is 0 Å². The van der Waals surface area contributed by atoms with Crippen LogP contribution in [0.3, 0.4) is 0 Å². The topological polar surface area (TPSA) is 75.3 Å². The van der Waals surface area contributed by atoms with Crippen molar-refractivity contribution in [2.45, 2.75) is 25.7 Å². The molecule has 28 heavy (non-hydrogen) atoms. The van der Waals surface area contributed by atoms with Crippen molar-refractivity contribution in [1.82, 2.24) is 0 Å². The molecule has 6 heteroatoms. The van der Waals surface area contributed by atoms with Crippen molar-refractivity contribution < 1.29 is 13.2 Å². The number of sulfonamides is 1. The van der Waals surface area contributed by atoms with Gasteiger partial charge in [-0.1, -0.05) is 18.2 Å². The standard InChI is InChI=1S/C22H22N2O3S/c1-15-5-4-6-20(13-15)24-28(26,27)21-11-8-18(9-12-21)22(25)23-19-10-7-16(2)17(3)14-19/h4-14,24H,1-3H3,(H,23,25). The third kappa shape index (κ3) is 4.58. The number of anilines is 2. The van der Waals surface area contributed by atoms with E-state index < -0.39 is 10.0 Å². The van der Waals surface area contributed by atoms with Crippen LogP contribution in [-0.2, 0) is 10.0 Å². The van der Waals surface area contributed by atoms with E-state index in [1.54, 1.807) is 18.2 Å². The molecule has 2 N–H and O–H groups in total. The molecule has 0 spiro atoms. The number of amides is 1. The van der Waals surface area contributed by atoms with Crippen molar-refractivity contribution in [1.29, 1.82) is 0 Å². The Balaban J connectivity index is 1.74. The molecule has 3 aromatic carbocycles. The van der Waals surface area contributed by atoms with Gasteiger partial charge in [-0.15, -0.1) is 0 Å². The number of aryl methyl sites for hydroxylation is 3. The average Bonchev–Trinajstić information content (AvgIpc) is 2.64. The summed E-state index contributed by atoms with van der Waals surface area (Å²) in [6.45, 7) is 5.87. The van der Waals surface area contributed by atoms with Crippen molar-refractivity contribution in [2.75, 3.05) is 10.0 Å². The molecular weight excluding hydrogens is 372 g/mol. The van der Waals surface area contributed by atoms with Crippen LogP contribution < -0.4 is 10.0 Å². The summed E-state index contributed by atoms with van der Waals surface area (Å²) in [7, 11) is -3.72. The Morgan fingerprint density at radius 3 is 2.14 bits per heavy atom. The summed E-state index contributed by atoms with van der Waals surface area (Å²) in [4.78, 5) is 12.5. The summed E-state index contributed by atoms with van der Waals surface area (Å²) in [5, 5.41) is 2.83. The predicted octanol–water partition coefficient (Wildman–Crippen LogP) is 4.66. The van der Waals surface area contributed by atoms with E-state index >= 15 is 0 Å². The predicted molar refractivity (Wildman–Crippen MR) is 112 cm³/mol. The first-order valence-electron chi connectivity index (χ1n) is 8.83. The fourth-order valence-electron chi connectivity index (χ4n) is 2.73. The van der Waals surface area contributed by atoms with Crippen molar-refractivity contribution in [3.63, 3.8) is 0 Å². The van der Waals surface area contributed by atoms with E-state index in [2.05, 4.69) is 10.0 Å². The second kappa shape index (κ2) is 7.86. The van der Waals surface area contributed by atoms with E-state index in [0.29, 0.717) is 16.9 Å². The zero-order chi connectivity index (χ0) is 20.3. The monoisotopic (exact) mass is 394 g/mol. The molecule has 0 aliphatic carbocycles. The molecule has 0 aromatic heterocycles. The molecule has 0 radical (unpaired) electrons. The average molecular weight is 394 g/mol. The molecule has 0 bridgehead atoms. The van der Waals surface area contributed by atoms with E-state index in [4.69, 9.17) is 0 Å². The lowest BCUT2D eigenvalue weighted by molar-refractivity contribution is 0.102. The van der Waals surface area contributed by atoms with Gasteiger partial charge in [0.2, 0.25) is 0 Å². The van der Waals surface area contributed by atoms with Gasteiger partial charge >= 0.3 is 0 Å². The second-order valence-corrected chi connectivity index (χ2v) is 8.43. The largest absolute Gasteiger partial charge is 0.322 e. The number of carbonyl (C=O) groups is 1. The van der Waals surface area contributed by atoms with Crippen LogP contribution in [0.15, 0.2) is 71.6 Å². The minimum absolute atomic E-state index is 0.0942. The maximum absolute atomic E-state index is 12.5. The molecular formula is C22H22N2O3S. The zero-order valence-electron chi connectivity index (χ0n) is 16.0.